The van der Waals surface area contributed by atoms with E-state index in [0.29, 0.717) is 12.0 Å². The van der Waals surface area contributed by atoms with Crippen molar-refractivity contribution in [3.8, 4) is 11.8 Å². The van der Waals surface area contributed by atoms with Crippen molar-refractivity contribution in [3.63, 3.8) is 0 Å². The molecule has 1 N–H and O–H groups in total. The topological polar surface area (TPSA) is 88.2 Å². The van der Waals surface area contributed by atoms with Gasteiger partial charge in [0.05, 0.1) is 29.7 Å². The highest BCUT2D eigenvalue weighted by Gasteiger charge is 2.16. The van der Waals surface area contributed by atoms with Crippen molar-refractivity contribution in [3.05, 3.63) is 33.6 Å². The van der Waals surface area contributed by atoms with E-state index in [2.05, 4.69) is 11.4 Å². The number of nitriles is 1. The van der Waals surface area contributed by atoms with E-state index < -0.39 is 10.7 Å². The normalized spacial score (nSPS) is 11.7. The highest BCUT2D eigenvalue weighted by Crippen LogP contribution is 2.27. The van der Waals surface area contributed by atoms with Crippen molar-refractivity contribution < 1.29 is 14.1 Å². The second-order valence-corrected chi connectivity index (χ2v) is 4.60. The van der Waals surface area contributed by atoms with Crippen LogP contribution in [0.15, 0.2) is 12.1 Å². The van der Waals surface area contributed by atoms with Gasteiger partial charge in [-0.2, -0.15) is 5.26 Å². The Morgan fingerprint density at radius 3 is 2.86 bits per heavy atom. The van der Waals surface area contributed by atoms with Crippen LogP contribution in [0.2, 0.25) is 0 Å². The molecule has 0 aliphatic heterocycles. The molecule has 0 saturated carbocycles. The number of hydrogen-bond donors (Lipinski definition) is 1. The van der Waals surface area contributed by atoms with Crippen LogP contribution >= 0.6 is 0 Å². The van der Waals surface area contributed by atoms with Crippen molar-refractivity contribution in [1.82, 2.24) is 5.32 Å². The Morgan fingerprint density at radius 2 is 2.29 bits per heavy atom. The third-order valence-electron chi connectivity index (χ3n) is 2.91. The first-order chi connectivity index (χ1) is 9.99. The van der Waals surface area contributed by atoms with Crippen LogP contribution in [0.4, 0.5) is 10.1 Å². The van der Waals surface area contributed by atoms with E-state index in [0.717, 1.165) is 19.0 Å². The zero-order chi connectivity index (χ0) is 15.8. The number of nitrogens with one attached hydrogen (secondary N) is 1. The van der Waals surface area contributed by atoms with Crippen LogP contribution in [0.5, 0.6) is 5.75 Å². The van der Waals surface area contributed by atoms with Gasteiger partial charge in [-0.15, -0.1) is 0 Å². The van der Waals surface area contributed by atoms with Crippen molar-refractivity contribution in [2.24, 2.45) is 0 Å². The number of nitro benzene ring substituents is 1. The van der Waals surface area contributed by atoms with Gasteiger partial charge in [-0.1, -0.05) is 6.92 Å². The zero-order valence-corrected chi connectivity index (χ0v) is 12.1. The van der Waals surface area contributed by atoms with Gasteiger partial charge >= 0.3 is 0 Å². The molecule has 0 saturated heterocycles. The third kappa shape index (κ3) is 5.00. The zero-order valence-electron chi connectivity index (χ0n) is 12.1. The molecule has 1 rings (SSSR count). The second kappa shape index (κ2) is 8.17. The van der Waals surface area contributed by atoms with Crippen molar-refractivity contribution >= 4 is 5.69 Å². The van der Waals surface area contributed by atoms with Crippen LogP contribution in [0.3, 0.4) is 0 Å². The van der Waals surface area contributed by atoms with Crippen LogP contribution in [-0.4, -0.2) is 24.1 Å². The summed E-state index contributed by atoms with van der Waals surface area (Å²) in [6.45, 7) is 4.39. The maximum atomic E-state index is 13.7. The highest BCUT2D eigenvalue weighted by molar-refractivity contribution is 5.45. The van der Waals surface area contributed by atoms with Gasteiger partial charge in [0.25, 0.3) is 5.69 Å². The molecular formula is C14H18FN3O3. The van der Waals surface area contributed by atoms with Gasteiger partial charge in [-0.25, -0.2) is 4.39 Å². The van der Waals surface area contributed by atoms with E-state index >= 15 is 0 Å². The van der Waals surface area contributed by atoms with E-state index in [-0.39, 0.29) is 24.1 Å². The molecule has 1 atom stereocenters. The maximum Gasteiger partial charge on any atom is 0.275 e. The van der Waals surface area contributed by atoms with Crippen LogP contribution in [-0.2, 0) is 0 Å². The number of benzene rings is 1. The molecule has 0 amide bonds. The Morgan fingerprint density at radius 1 is 1.57 bits per heavy atom. The molecular weight excluding hydrogens is 277 g/mol. The molecule has 1 aromatic carbocycles. The molecule has 7 heteroatoms. The molecule has 0 heterocycles. The number of halogens is 1. The summed E-state index contributed by atoms with van der Waals surface area (Å²) in [5, 5.41) is 22.6. The predicted octanol–water partition coefficient (Wildman–Crippen LogP) is 2.70. The van der Waals surface area contributed by atoms with Gasteiger partial charge in [-0.05, 0) is 26.0 Å². The fraction of sp³-hybridized carbons (Fsp3) is 0.500. The number of ether oxygens (including phenoxy) is 1. The molecule has 21 heavy (non-hydrogen) atoms. The summed E-state index contributed by atoms with van der Waals surface area (Å²) in [6.07, 6.45) is 1.32. The molecule has 0 bridgehead atoms. The lowest BCUT2D eigenvalue weighted by atomic mass is 10.2. The minimum Gasteiger partial charge on any atom is -0.490 e. The van der Waals surface area contributed by atoms with E-state index in [1.165, 1.54) is 13.0 Å². The van der Waals surface area contributed by atoms with Crippen molar-refractivity contribution in [2.75, 3.05) is 13.2 Å². The smallest absolute Gasteiger partial charge is 0.275 e. The Bertz CT molecular complexity index is 543. The summed E-state index contributed by atoms with van der Waals surface area (Å²) in [5.74, 6) is -0.812. The van der Waals surface area contributed by atoms with Crippen LogP contribution in [0, 0.1) is 34.2 Å². The lowest BCUT2D eigenvalue weighted by Gasteiger charge is -2.12. The lowest BCUT2D eigenvalue weighted by Crippen LogP contribution is -2.29. The molecule has 0 spiro atoms. The molecule has 1 unspecified atom stereocenters. The summed E-state index contributed by atoms with van der Waals surface area (Å²) in [7, 11) is 0. The van der Waals surface area contributed by atoms with Crippen molar-refractivity contribution in [2.45, 2.75) is 32.7 Å². The quantitative estimate of drug-likeness (QED) is 0.588. The van der Waals surface area contributed by atoms with Crippen LogP contribution in [0.25, 0.3) is 0 Å². The number of hydrogen-bond acceptors (Lipinski definition) is 5. The van der Waals surface area contributed by atoms with Crippen molar-refractivity contribution in [1.29, 1.82) is 5.26 Å². The molecule has 0 aliphatic rings. The maximum absolute atomic E-state index is 13.7. The molecule has 6 nitrogen and oxygen atoms in total. The molecule has 0 fully saturated rings. The monoisotopic (exact) mass is 295 g/mol. The van der Waals surface area contributed by atoms with Gasteiger partial charge in [-0.3, -0.25) is 10.1 Å². The summed E-state index contributed by atoms with van der Waals surface area (Å²) < 4.78 is 19.0. The number of nitrogens with zero attached hydrogens (tertiary/aromatic N) is 2. The van der Waals surface area contributed by atoms with E-state index in [9.17, 15) is 14.5 Å². The lowest BCUT2D eigenvalue weighted by molar-refractivity contribution is -0.385. The van der Waals surface area contributed by atoms with Gasteiger partial charge in [0.2, 0.25) is 0 Å². The molecule has 0 aliphatic carbocycles. The fourth-order valence-electron chi connectivity index (χ4n) is 1.77. The summed E-state index contributed by atoms with van der Waals surface area (Å²) in [6, 6.07) is 3.89. The molecule has 0 radical (unpaired) electrons. The highest BCUT2D eigenvalue weighted by atomic mass is 19.1. The first kappa shape index (κ1) is 16.9. The number of aryl methyl sites for hydroxylation is 1. The third-order valence-corrected chi connectivity index (χ3v) is 2.91. The van der Waals surface area contributed by atoms with E-state index in [1.54, 1.807) is 0 Å². The number of nitro groups is 1. The van der Waals surface area contributed by atoms with Crippen LogP contribution in [0.1, 0.15) is 25.3 Å². The van der Waals surface area contributed by atoms with Gasteiger partial charge in [0.1, 0.15) is 0 Å². The minimum absolute atomic E-state index is 0.0368. The summed E-state index contributed by atoms with van der Waals surface area (Å²) in [5.41, 5.74) is 0.0525. The summed E-state index contributed by atoms with van der Waals surface area (Å²) in [4.78, 5) is 10.0. The first-order valence-corrected chi connectivity index (χ1v) is 6.70. The molecule has 0 aromatic heterocycles. The Balaban J connectivity index is 2.62. The first-order valence-electron chi connectivity index (χ1n) is 6.70. The van der Waals surface area contributed by atoms with E-state index in [4.69, 9.17) is 10.00 Å². The Hall–Kier alpha value is -2.20. The van der Waals surface area contributed by atoms with Gasteiger partial charge < -0.3 is 10.1 Å². The Kier molecular flexibility index (Phi) is 6.56. The fourth-order valence-corrected chi connectivity index (χ4v) is 1.77. The van der Waals surface area contributed by atoms with Gasteiger partial charge in [0.15, 0.2) is 11.6 Å². The van der Waals surface area contributed by atoms with Gasteiger partial charge in [0, 0.05) is 12.0 Å². The van der Waals surface area contributed by atoms with Crippen LogP contribution < -0.4 is 10.1 Å². The SMILES string of the molecule is CCCNC(C#N)CCOc1cc(C)c([N+](=O)[O-])cc1F. The van der Waals surface area contributed by atoms with E-state index in [1.807, 2.05) is 6.92 Å². The molecule has 114 valence electrons. The molecule has 1 aromatic rings. The average Bonchev–Trinajstić information content (AvgIpc) is 2.45. The largest absolute Gasteiger partial charge is 0.490 e. The standard InChI is InChI=1S/C14H18FN3O3/c1-3-5-17-11(9-16)4-6-21-14-7-10(2)13(18(19)20)8-12(14)15/h7-8,11,17H,3-6H2,1-2H3. The predicted molar refractivity (Wildman–Crippen MR) is 75.6 cm³/mol. The number of rotatable bonds is 8. The average molecular weight is 295 g/mol. The Labute approximate surface area is 122 Å². The summed E-state index contributed by atoms with van der Waals surface area (Å²) >= 11 is 0. The second-order valence-electron chi connectivity index (χ2n) is 4.60. The minimum atomic E-state index is -0.776.